The van der Waals surface area contributed by atoms with Crippen molar-refractivity contribution in [3.8, 4) is 0 Å². The van der Waals surface area contributed by atoms with Crippen molar-refractivity contribution < 1.29 is 10.3 Å². The third-order valence-electron chi connectivity index (χ3n) is 5.13. The second-order valence-corrected chi connectivity index (χ2v) is 5.89. The molecule has 2 N–H and O–H groups in total. The van der Waals surface area contributed by atoms with Crippen LogP contribution >= 0.6 is 0 Å². The minimum atomic E-state index is -0.263. The highest BCUT2D eigenvalue weighted by Gasteiger charge is 2.58. The molecule has 0 saturated heterocycles. The van der Waals surface area contributed by atoms with Crippen LogP contribution in [0.5, 0.6) is 0 Å². The monoisotopic (exact) mass is 209 g/mol. The quantitative estimate of drug-likeness (QED) is 0.394. The Balaban J connectivity index is 2.01. The Bertz CT molecular complexity index is 299. The summed E-state index contributed by atoms with van der Waals surface area (Å²) in [6.45, 7) is 1.87. The van der Waals surface area contributed by atoms with E-state index < -0.39 is 0 Å². The van der Waals surface area contributed by atoms with Crippen molar-refractivity contribution in [3.05, 3.63) is 0 Å². The summed E-state index contributed by atoms with van der Waals surface area (Å²) in [6.07, 6.45) is 5.54. The molecule has 4 rings (SSSR count). The molecule has 0 aromatic heterocycles. The molecule has 15 heavy (non-hydrogen) atoms. The van der Waals surface area contributed by atoms with Crippen molar-refractivity contribution in [2.45, 2.75) is 45.1 Å². The number of aliphatic hydroxyl groups is 1. The van der Waals surface area contributed by atoms with Crippen LogP contribution in [0.1, 0.15) is 39.0 Å². The molecule has 0 radical (unpaired) electrons. The van der Waals surface area contributed by atoms with Crippen LogP contribution < -0.4 is 0 Å². The lowest BCUT2D eigenvalue weighted by molar-refractivity contribution is -0.122. The summed E-state index contributed by atoms with van der Waals surface area (Å²) in [5.74, 6) is 2.00. The number of hydrogen-bond acceptors (Lipinski definition) is 3. The van der Waals surface area contributed by atoms with Crippen molar-refractivity contribution in [1.82, 2.24) is 0 Å². The molecule has 0 aliphatic heterocycles. The second-order valence-electron chi connectivity index (χ2n) is 5.89. The minimum Gasteiger partial charge on any atom is -0.411 e. The van der Waals surface area contributed by atoms with E-state index >= 15 is 0 Å². The lowest BCUT2D eigenvalue weighted by Gasteiger charge is -2.59. The molecule has 0 spiro atoms. The number of nitrogens with zero attached hydrogens (tertiary/aromatic N) is 1. The average Bonchev–Trinajstić information content (AvgIpc) is 2.23. The van der Waals surface area contributed by atoms with Gasteiger partial charge in [-0.05, 0) is 56.8 Å². The SMILES string of the molecule is C/C(=N\O)C12C[C@@H]3CC(C[C@@H](C3)C1)[C@@H]2O. The van der Waals surface area contributed by atoms with E-state index in [4.69, 9.17) is 5.21 Å². The van der Waals surface area contributed by atoms with Gasteiger partial charge < -0.3 is 10.3 Å². The van der Waals surface area contributed by atoms with E-state index in [-0.39, 0.29) is 11.5 Å². The Kier molecular flexibility index (Phi) is 1.91. The fourth-order valence-electron chi connectivity index (χ4n) is 4.62. The molecule has 3 nitrogen and oxygen atoms in total. The molecule has 2 unspecified atom stereocenters. The summed E-state index contributed by atoms with van der Waals surface area (Å²) >= 11 is 0. The van der Waals surface area contributed by atoms with Gasteiger partial charge in [-0.25, -0.2) is 0 Å². The summed E-state index contributed by atoms with van der Waals surface area (Å²) in [5, 5.41) is 22.8. The summed E-state index contributed by atoms with van der Waals surface area (Å²) in [7, 11) is 0. The van der Waals surface area contributed by atoms with E-state index in [0.29, 0.717) is 5.92 Å². The van der Waals surface area contributed by atoms with Gasteiger partial charge >= 0.3 is 0 Å². The van der Waals surface area contributed by atoms with Crippen molar-refractivity contribution in [2.24, 2.45) is 28.3 Å². The number of aliphatic hydroxyl groups excluding tert-OH is 1. The van der Waals surface area contributed by atoms with Gasteiger partial charge in [-0.15, -0.1) is 0 Å². The largest absolute Gasteiger partial charge is 0.411 e. The molecule has 0 heterocycles. The zero-order valence-electron chi connectivity index (χ0n) is 9.19. The fourth-order valence-corrected chi connectivity index (χ4v) is 4.62. The van der Waals surface area contributed by atoms with Gasteiger partial charge in [0.2, 0.25) is 0 Å². The summed E-state index contributed by atoms with van der Waals surface area (Å²) in [6, 6.07) is 0. The first-order valence-corrected chi connectivity index (χ1v) is 6.03. The third-order valence-corrected chi connectivity index (χ3v) is 5.13. The molecule has 4 aliphatic rings. The van der Waals surface area contributed by atoms with E-state index in [9.17, 15) is 5.11 Å². The van der Waals surface area contributed by atoms with Gasteiger partial charge in [0.05, 0.1) is 11.8 Å². The topological polar surface area (TPSA) is 52.8 Å². The third kappa shape index (κ3) is 1.13. The van der Waals surface area contributed by atoms with Crippen molar-refractivity contribution in [3.63, 3.8) is 0 Å². The highest BCUT2D eigenvalue weighted by Crippen LogP contribution is 2.60. The number of hydrogen-bond donors (Lipinski definition) is 2. The van der Waals surface area contributed by atoms with Crippen molar-refractivity contribution >= 4 is 5.71 Å². The van der Waals surface area contributed by atoms with Crippen LogP contribution in [0.15, 0.2) is 5.16 Å². The minimum absolute atomic E-state index is 0.177. The van der Waals surface area contributed by atoms with Gasteiger partial charge in [-0.1, -0.05) is 5.16 Å². The Morgan fingerprint density at radius 3 is 2.33 bits per heavy atom. The van der Waals surface area contributed by atoms with Gasteiger partial charge in [0.15, 0.2) is 0 Å². The van der Waals surface area contributed by atoms with Gasteiger partial charge in [-0.3, -0.25) is 0 Å². The van der Waals surface area contributed by atoms with E-state index in [2.05, 4.69) is 5.16 Å². The molecule has 4 fully saturated rings. The van der Waals surface area contributed by atoms with Crippen molar-refractivity contribution in [2.75, 3.05) is 0 Å². The standard InChI is InChI=1S/C12H19NO2/c1-7(13-15)12-5-8-2-9(6-12)4-10(3-8)11(12)14/h8-11,14-15H,2-6H2,1H3/b13-7+/t8-,9+,10?,11-,12?/m0/s1. The fraction of sp³-hybridized carbons (Fsp3) is 0.917. The molecule has 0 amide bonds. The number of rotatable bonds is 1. The zero-order valence-corrected chi connectivity index (χ0v) is 9.19. The van der Waals surface area contributed by atoms with Crippen LogP contribution in [0, 0.1) is 23.2 Å². The maximum absolute atomic E-state index is 10.4. The molecule has 4 bridgehead atoms. The second kappa shape index (κ2) is 2.97. The lowest BCUT2D eigenvalue weighted by Crippen LogP contribution is -2.58. The smallest absolute Gasteiger partial charge is 0.0678 e. The highest BCUT2D eigenvalue weighted by molar-refractivity contribution is 5.88. The highest BCUT2D eigenvalue weighted by atomic mass is 16.4. The molecule has 5 atom stereocenters. The number of oxime groups is 1. The average molecular weight is 209 g/mol. The first-order valence-electron chi connectivity index (χ1n) is 6.03. The predicted molar refractivity (Wildman–Crippen MR) is 56.9 cm³/mol. The van der Waals surface area contributed by atoms with Crippen molar-refractivity contribution in [1.29, 1.82) is 0 Å². The first-order chi connectivity index (χ1) is 7.15. The van der Waals surface area contributed by atoms with Crippen LogP contribution in [-0.2, 0) is 0 Å². The molecule has 0 aromatic carbocycles. The van der Waals surface area contributed by atoms with Crippen LogP contribution in [0.4, 0.5) is 0 Å². The molecular formula is C12H19NO2. The zero-order chi connectivity index (χ0) is 10.6. The van der Waals surface area contributed by atoms with E-state index in [1.54, 1.807) is 0 Å². The van der Waals surface area contributed by atoms with Crippen LogP contribution in [0.25, 0.3) is 0 Å². The summed E-state index contributed by atoms with van der Waals surface area (Å²) < 4.78 is 0. The van der Waals surface area contributed by atoms with Crippen LogP contribution in [-0.4, -0.2) is 22.1 Å². The maximum Gasteiger partial charge on any atom is 0.0678 e. The first kappa shape index (κ1) is 9.64. The lowest BCUT2D eigenvalue weighted by atomic mass is 9.47. The van der Waals surface area contributed by atoms with Gasteiger partial charge in [-0.2, -0.15) is 0 Å². The van der Waals surface area contributed by atoms with Gasteiger partial charge in [0.1, 0.15) is 0 Å². The van der Waals surface area contributed by atoms with E-state index in [1.807, 2.05) is 6.92 Å². The molecule has 4 saturated carbocycles. The molecular weight excluding hydrogens is 190 g/mol. The van der Waals surface area contributed by atoms with Crippen LogP contribution in [0.2, 0.25) is 0 Å². The Morgan fingerprint density at radius 1 is 1.20 bits per heavy atom. The molecule has 4 aliphatic carbocycles. The molecule has 3 heteroatoms. The molecule has 0 aromatic rings. The Hall–Kier alpha value is -0.570. The molecule has 84 valence electrons. The van der Waals surface area contributed by atoms with Gasteiger partial charge in [0.25, 0.3) is 0 Å². The van der Waals surface area contributed by atoms with E-state index in [1.165, 1.54) is 19.3 Å². The Morgan fingerprint density at radius 2 is 1.80 bits per heavy atom. The maximum atomic E-state index is 10.4. The predicted octanol–water partition coefficient (Wildman–Crippen LogP) is 2.02. The van der Waals surface area contributed by atoms with Crippen LogP contribution in [0.3, 0.4) is 0 Å². The summed E-state index contributed by atoms with van der Waals surface area (Å²) in [4.78, 5) is 0. The normalized spacial score (nSPS) is 53.6. The summed E-state index contributed by atoms with van der Waals surface area (Å²) in [5.41, 5.74) is 0.581. The van der Waals surface area contributed by atoms with E-state index in [0.717, 1.165) is 30.4 Å². The Labute approximate surface area is 90.2 Å². The van der Waals surface area contributed by atoms with Gasteiger partial charge in [0, 0.05) is 5.41 Å².